The molecule has 0 atom stereocenters. The van der Waals surface area contributed by atoms with E-state index in [-0.39, 0.29) is 6.61 Å². The quantitative estimate of drug-likeness (QED) is 0.208. The number of nitrogens with one attached hydrogen (secondary N) is 2. The number of aliphatic hydroxyl groups excluding tert-OH is 1. The lowest BCUT2D eigenvalue weighted by Gasteiger charge is -2.12. The summed E-state index contributed by atoms with van der Waals surface area (Å²) in [6.07, 6.45) is 5.63. The first kappa shape index (κ1) is 21.6. The van der Waals surface area contributed by atoms with Crippen molar-refractivity contribution in [3.05, 3.63) is 78.0 Å². The third kappa shape index (κ3) is 6.73. The normalized spacial score (nSPS) is 11.2. The van der Waals surface area contributed by atoms with Crippen molar-refractivity contribution in [3.63, 3.8) is 0 Å². The second-order valence-electron chi connectivity index (χ2n) is 6.74. The number of nitrogens with zero attached hydrogens (tertiary/aromatic N) is 1. The fourth-order valence-electron chi connectivity index (χ4n) is 2.96. The zero-order valence-electron chi connectivity index (χ0n) is 16.9. The highest BCUT2D eigenvalue weighted by atomic mass is 16.5. The van der Waals surface area contributed by atoms with Crippen molar-refractivity contribution >= 4 is 11.4 Å². The number of aliphatic hydroxyl groups is 1. The highest BCUT2D eigenvalue weighted by Gasteiger charge is 2.03. The number of nitrogen functional groups attached to an aromatic ring is 1. The molecular weight excluding hydrogens is 380 g/mol. The van der Waals surface area contributed by atoms with Gasteiger partial charge in [-0.25, -0.2) is 0 Å². The van der Waals surface area contributed by atoms with Gasteiger partial charge >= 0.3 is 0 Å². The Hall–Kier alpha value is -3.13. The number of hydrogen-bond acceptors (Lipinski definition) is 6. The monoisotopic (exact) mass is 408 g/mol. The van der Waals surface area contributed by atoms with Crippen molar-refractivity contribution < 1.29 is 14.6 Å². The predicted molar refractivity (Wildman–Crippen MR) is 119 cm³/mol. The fraction of sp³-hybridized carbons (Fsp3) is 0.261. The van der Waals surface area contributed by atoms with E-state index in [1.165, 1.54) is 0 Å². The second-order valence-corrected chi connectivity index (χ2v) is 6.74. The molecule has 0 aliphatic carbocycles. The van der Waals surface area contributed by atoms with Crippen LogP contribution < -0.4 is 11.1 Å². The van der Waals surface area contributed by atoms with Gasteiger partial charge in [-0.1, -0.05) is 30.4 Å². The molecule has 0 amide bonds. The molecule has 0 radical (unpaired) electrons. The van der Waals surface area contributed by atoms with Crippen LogP contribution in [0.3, 0.4) is 0 Å². The molecule has 3 aromatic rings. The van der Waals surface area contributed by atoms with Gasteiger partial charge in [-0.15, -0.1) is 0 Å². The molecule has 0 fully saturated rings. The van der Waals surface area contributed by atoms with Crippen LogP contribution in [0.15, 0.2) is 66.9 Å². The number of anilines is 2. The van der Waals surface area contributed by atoms with Crippen LogP contribution in [0.1, 0.15) is 11.1 Å². The van der Waals surface area contributed by atoms with Crippen LogP contribution in [0.2, 0.25) is 0 Å². The largest absolute Gasteiger partial charge is 0.399 e. The van der Waals surface area contributed by atoms with Gasteiger partial charge in [0.05, 0.1) is 38.7 Å². The van der Waals surface area contributed by atoms with E-state index < -0.39 is 0 Å². The van der Waals surface area contributed by atoms with E-state index in [1.54, 1.807) is 6.20 Å². The summed E-state index contributed by atoms with van der Waals surface area (Å²) in [5.74, 6) is 0. The van der Waals surface area contributed by atoms with Gasteiger partial charge in [0.2, 0.25) is 0 Å². The number of hydrogen-bond donors (Lipinski definition) is 4. The third-order valence-electron chi connectivity index (χ3n) is 4.42. The Kier molecular flexibility index (Phi) is 8.47. The molecule has 7 heteroatoms. The molecule has 0 spiro atoms. The summed E-state index contributed by atoms with van der Waals surface area (Å²) in [5, 5.41) is 19.1. The van der Waals surface area contributed by atoms with Crippen LogP contribution in [-0.4, -0.2) is 41.7 Å². The maximum atomic E-state index is 8.98. The van der Waals surface area contributed by atoms with Gasteiger partial charge in [-0.2, -0.15) is 5.10 Å². The number of nitrogens with two attached hydrogens (primary N) is 1. The van der Waals surface area contributed by atoms with E-state index in [0.29, 0.717) is 38.7 Å². The lowest BCUT2D eigenvalue weighted by atomic mass is 10.1. The standard InChI is InChI=1S/C23H28N4O3/c24-21-6-7-22(25-10-11-28)20(15-21)17-30-13-2-1-12-29-16-18-4-3-5-19(14-18)23-8-9-26-27-23/h1-9,14-15,25,28H,10-13,16-17,24H2,(H,26,27)/b2-1+. The molecule has 0 aliphatic heterocycles. The molecular formula is C23H28N4O3. The summed E-state index contributed by atoms with van der Waals surface area (Å²) in [6, 6.07) is 15.7. The minimum Gasteiger partial charge on any atom is -0.399 e. The van der Waals surface area contributed by atoms with Crippen molar-refractivity contribution in [2.75, 3.05) is 37.4 Å². The molecule has 0 unspecified atom stereocenters. The SMILES string of the molecule is Nc1ccc(NCCO)c(COC/C=C/COCc2cccc(-c3ccn[nH]3)c2)c1. The van der Waals surface area contributed by atoms with Crippen molar-refractivity contribution in [3.8, 4) is 11.3 Å². The van der Waals surface area contributed by atoms with Crippen LogP contribution in [0.25, 0.3) is 11.3 Å². The topological polar surface area (TPSA) is 105 Å². The van der Waals surface area contributed by atoms with Crippen molar-refractivity contribution in [2.24, 2.45) is 0 Å². The summed E-state index contributed by atoms with van der Waals surface area (Å²) in [5.41, 5.74) is 11.6. The van der Waals surface area contributed by atoms with E-state index in [2.05, 4.69) is 21.6 Å². The number of ether oxygens (including phenoxy) is 2. The van der Waals surface area contributed by atoms with E-state index in [4.69, 9.17) is 20.3 Å². The van der Waals surface area contributed by atoms with Gasteiger partial charge in [-0.3, -0.25) is 5.10 Å². The average Bonchev–Trinajstić information content (AvgIpc) is 3.30. The van der Waals surface area contributed by atoms with Crippen LogP contribution in [-0.2, 0) is 22.7 Å². The van der Waals surface area contributed by atoms with Crippen LogP contribution in [0, 0.1) is 0 Å². The smallest absolute Gasteiger partial charge is 0.0741 e. The average molecular weight is 409 g/mol. The number of aromatic nitrogens is 2. The van der Waals surface area contributed by atoms with Crippen molar-refractivity contribution in [1.29, 1.82) is 0 Å². The van der Waals surface area contributed by atoms with E-state index in [1.807, 2.05) is 54.6 Å². The summed E-state index contributed by atoms with van der Waals surface area (Å²) >= 11 is 0. The lowest BCUT2D eigenvalue weighted by molar-refractivity contribution is 0.140. The molecule has 3 rings (SSSR count). The maximum Gasteiger partial charge on any atom is 0.0741 e. The van der Waals surface area contributed by atoms with E-state index >= 15 is 0 Å². The zero-order chi connectivity index (χ0) is 21.0. The zero-order valence-corrected chi connectivity index (χ0v) is 16.9. The molecule has 158 valence electrons. The number of H-pyrrole nitrogens is 1. The Morgan fingerprint density at radius 2 is 1.87 bits per heavy atom. The molecule has 0 saturated heterocycles. The van der Waals surface area contributed by atoms with Crippen molar-refractivity contribution in [2.45, 2.75) is 13.2 Å². The first-order valence-electron chi connectivity index (χ1n) is 9.88. The van der Waals surface area contributed by atoms with Crippen LogP contribution >= 0.6 is 0 Å². The minimum absolute atomic E-state index is 0.0703. The molecule has 30 heavy (non-hydrogen) atoms. The second kappa shape index (κ2) is 11.8. The molecule has 7 nitrogen and oxygen atoms in total. The number of aromatic amines is 1. The van der Waals surface area contributed by atoms with Gasteiger partial charge in [0, 0.05) is 29.7 Å². The van der Waals surface area contributed by atoms with Gasteiger partial charge < -0.3 is 25.6 Å². The third-order valence-corrected chi connectivity index (χ3v) is 4.42. The van der Waals surface area contributed by atoms with Crippen molar-refractivity contribution in [1.82, 2.24) is 10.2 Å². The lowest BCUT2D eigenvalue weighted by Crippen LogP contribution is -2.08. The molecule has 0 aliphatic rings. The summed E-state index contributed by atoms with van der Waals surface area (Å²) in [4.78, 5) is 0. The molecule has 1 aromatic heterocycles. The van der Waals surface area contributed by atoms with Crippen LogP contribution in [0.5, 0.6) is 0 Å². The van der Waals surface area contributed by atoms with E-state index in [0.717, 1.165) is 28.1 Å². The van der Waals surface area contributed by atoms with Gasteiger partial charge in [0.1, 0.15) is 0 Å². The Morgan fingerprint density at radius 1 is 1.03 bits per heavy atom. The number of rotatable bonds is 12. The molecule has 0 bridgehead atoms. The first-order valence-corrected chi connectivity index (χ1v) is 9.88. The predicted octanol–water partition coefficient (Wildman–Crippen LogP) is 3.35. The van der Waals surface area contributed by atoms with Gasteiger partial charge in [0.25, 0.3) is 0 Å². The molecule has 1 heterocycles. The highest BCUT2D eigenvalue weighted by Crippen LogP contribution is 2.20. The minimum atomic E-state index is 0.0703. The first-order chi connectivity index (χ1) is 14.8. The highest BCUT2D eigenvalue weighted by molar-refractivity contribution is 5.59. The van der Waals surface area contributed by atoms with E-state index in [9.17, 15) is 0 Å². The van der Waals surface area contributed by atoms with Gasteiger partial charge in [0.15, 0.2) is 0 Å². The number of benzene rings is 2. The fourth-order valence-corrected chi connectivity index (χ4v) is 2.96. The molecule has 2 aromatic carbocycles. The van der Waals surface area contributed by atoms with Crippen LogP contribution in [0.4, 0.5) is 11.4 Å². The van der Waals surface area contributed by atoms with Gasteiger partial charge in [-0.05, 0) is 41.5 Å². The Bertz CT molecular complexity index is 926. The molecule has 0 saturated carbocycles. The Morgan fingerprint density at radius 3 is 2.63 bits per heavy atom. The molecule has 5 N–H and O–H groups in total. The Balaban J connectivity index is 1.37. The summed E-state index contributed by atoms with van der Waals surface area (Å²) < 4.78 is 11.4. The summed E-state index contributed by atoms with van der Waals surface area (Å²) in [7, 11) is 0. The maximum absolute atomic E-state index is 8.98. The summed E-state index contributed by atoms with van der Waals surface area (Å²) in [6.45, 7) is 2.52. The Labute approximate surface area is 176 Å².